The third-order valence-corrected chi connectivity index (χ3v) is 9.52. The Labute approximate surface area is 191 Å². The van der Waals surface area contributed by atoms with Gasteiger partial charge in [0.15, 0.2) is 15.0 Å². The predicted octanol–water partition coefficient (Wildman–Crippen LogP) is 6.18. The smallest absolute Gasteiger partial charge is 0.185 e. The molecular weight excluding hydrogens is 459 g/mol. The number of thiazole rings is 1. The molecule has 8 heteroatoms. The van der Waals surface area contributed by atoms with Crippen molar-refractivity contribution < 1.29 is 8.42 Å². The summed E-state index contributed by atoms with van der Waals surface area (Å²) in [6.45, 7) is 5.48. The van der Waals surface area contributed by atoms with Crippen LogP contribution in [0.4, 0.5) is 5.13 Å². The lowest BCUT2D eigenvalue weighted by molar-refractivity contribution is 0.529. The number of aryl methyl sites for hydroxylation is 2. The third kappa shape index (κ3) is 4.24. The summed E-state index contributed by atoms with van der Waals surface area (Å²) < 4.78 is 26.2. The normalized spacial score (nSPS) is 15.5. The molecule has 1 aromatic heterocycles. The number of anilines is 1. The van der Waals surface area contributed by atoms with Crippen LogP contribution in [-0.4, -0.2) is 31.7 Å². The molecule has 0 atom stereocenters. The first-order valence-electron chi connectivity index (χ1n) is 9.73. The second kappa shape index (κ2) is 8.50. The molecular formula is C22H22Cl2N2O2S2. The minimum Gasteiger partial charge on any atom is -0.348 e. The van der Waals surface area contributed by atoms with Crippen molar-refractivity contribution in [2.75, 3.05) is 18.0 Å². The lowest BCUT2D eigenvalue weighted by atomic mass is 10.1. The van der Waals surface area contributed by atoms with E-state index in [0.717, 1.165) is 16.4 Å². The van der Waals surface area contributed by atoms with E-state index in [1.54, 1.807) is 17.4 Å². The number of sulfone groups is 1. The van der Waals surface area contributed by atoms with Crippen molar-refractivity contribution in [1.29, 1.82) is 0 Å². The Morgan fingerprint density at radius 2 is 1.77 bits per heavy atom. The van der Waals surface area contributed by atoms with Crippen molar-refractivity contribution >= 4 is 49.5 Å². The molecule has 30 heavy (non-hydrogen) atoms. The average Bonchev–Trinajstić information content (AvgIpc) is 3.22. The summed E-state index contributed by atoms with van der Waals surface area (Å²) >= 11 is 13.7. The molecule has 1 saturated heterocycles. The Bertz CT molecular complexity index is 1180. The Hall–Kier alpha value is -1.60. The van der Waals surface area contributed by atoms with Gasteiger partial charge < -0.3 is 4.90 Å². The van der Waals surface area contributed by atoms with Gasteiger partial charge in [-0.05, 0) is 62.1 Å². The van der Waals surface area contributed by atoms with Crippen molar-refractivity contribution in [3.63, 3.8) is 0 Å². The van der Waals surface area contributed by atoms with E-state index in [4.69, 9.17) is 28.2 Å². The van der Waals surface area contributed by atoms with Gasteiger partial charge in [-0.25, -0.2) is 13.4 Å². The molecule has 0 aliphatic carbocycles. The van der Waals surface area contributed by atoms with Crippen LogP contribution in [0.5, 0.6) is 0 Å². The Morgan fingerprint density at radius 3 is 2.47 bits per heavy atom. The second-order valence-electron chi connectivity index (χ2n) is 7.62. The molecule has 4 nitrogen and oxygen atoms in total. The monoisotopic (exact) mass is 480 g/mol. The molecule has 0 spiro atoms. The highest BCUT2D eigenvalue weighted by atomic mass is 35.5. The van der Waals surface area contributed by atoms with Gasteiger partial charge in [0.2, 0.25) is 0 Å². The first-order chi connectivity index (χ1) is 14.3. The topological polar surface area (TPSA) is 50.3 Å². The Balaban J connectivity index is 1.48. The Morgan fingerprint density at radius 1 is 1.03 bits per heavy atom. The molecule has 0 saturated carbocycles. The SMILES string of the molecule is Cc1ccc(-c2csc(N3CCC(S(=O)(=O)c4cc(Cl)ccc4Cl)CC3)n2)cc1C. The van der Waals surface area contributed by atoms with Gasteiger partial charge in [0.05, 0.1) is 20.9 Å². The Kier molecular flexibility index (Phi) is 6.13. The van der Waals surface area contributed by atoms with Crippen LogP contribution in [0.25, 0.3) is 11.3 Å². The lowest BCUT2D eigenvalue weighted by Gasteiger charge is -2.31. The molecule has 0 bridgehead atoms. The molecule has 0 N–H and O–H groups in total. The van der Waals surface area contributed by atoms with E-state index in [0.29, 0.717) is 31.0 Å². The van der Waals surface area contributed by atoms with E-state index in [-0.39, 0.29) is 9.92 Å². The van der Waals surface area contributed by atoms with Crippen LogP contribution in [0.3, 0.4) is 0 Å². The predicted molar refractivity (Wildman–Crippen MR) is 126 cm³/mol. The number of aromatic nitrogens is 1. The molecule has 0 unspecified atom stereocenters. The molecule has 2 heterocycles. The zero-order valence-electron chi connectivity index (χ0n) is 16.7. The highest BCUT2D eigenvalue weighted by molar-refractivity contribution is 7.92. The van der Waals surface area contributed by atoms with Crippen LogP contribution >= 0.6 is 34.5 Å². The maximum Gasteiger partial charge on any atom is 0.185 e. The molecule has 1 fully saturated rings. The van der Waals surface area contributed by atoms with E-state index < -0.39 is 15.1 Å². The number of hydrogen-bond donors (Lipinski definition) is 0. The van der Waals surface area contributed by atoms with Gasteiger partial charge in [0.25, 0.3) is 0 Å². The molecule has 0 radical (unpaired) electrons. The first-order valence-corrected chi connectivity index (χ1v) is 12.9. The molecule has 3 aromatic rings. The third-order valence-electron chi connectivity index (χ3n) is 5.65. The minimum absolute atomic E-state index is 0.126. The maximum absolute atomic E-state index is 13.1. The minimum atomic E-state index is -3.53. The quantitative estimate of drug-likeness (QED) is 0.447. The van der Waals surface area contributed by atoms with Crippen LogP contribution in [0.15, 0.2) is 46.7 Å². The van der Waals surface area contributed by atoms with Crippen molar-refractivity contribution in [2.24, 2.45) is 0 Å². The van der Waals surface area contributed by atoms with Crippen LogP contribution in [0, 0.1) is 13.8 Å². The lowest BCUT2D eigenvalue weighted by Crippen LogP contribution is -2.39. The fourth-order valence-electron chi connectivity index (χ4n) is 3.68. The first kappa shape index (κ1) is 21.6. The van der Waals surface area contributed by atoms with Gasteiger partial charge in [-0.1, -0.05) is 35.3 Å². The molecule has 158 valence electrons. The number of halogens is 2. The molecule has 4 rings (SSSR count). The average molecular weight is 481 g/mol. The summed E-state index contributed by atoms with van der Waals surface area (Å²) in [4.78, 5) is 7.10. The van der Waals surface area contributed by atoms with E-state index in [1.165, 1.54) is 23.3 Å². The summed E-state index contributed by atoms with van der Waals surface area (Å²) in [7, 11) is -3.53. The summed E-state index contributed by atoms with van der Waals surface area (Å²) in [6, 6.07) is 10.9. The number of rotatable bonds is 4. The summed E-state index contributed by atoms with van der Waals surface area (Å²) in [5.41, 5.74) is 4.57. The number of piperidine rings is 1. The largest absolute Gasteiger partial charge is 0.348 e. The van der Waals surface area contributed by atoms with E-state index >= 15 is 0 Å². The van der Waals surface area contributed by atoms with Crippen LogP contribution in [0.1, 0.15) is 24.0 Å². The van der Waals surface area contributed by atoms with E-state index in [1.807, 2.05) is 0 Å². The number of nitrogens with zero attached hydrogens (tertiary/aromatic N) is 2. The van der Waals surface area contributed by atoms with Crippen molar-refractivity contribution in [2.45, 2.75) is 36.8 Å². The molecule has 1 aliphatic heterocycles. The van der Waals surface area contributed by atoms with Crippen molar-refractivity contribution in [3.05, 3.63) is 63.0 Å². The zero-order chi connectivity index (χ0) is 21.5. The van der Waals surface area contributed by atoms with Gasteiger partial charge in [0, 0.05) is 29.1 Å². The fraction of sp³-hybridized carbons (Fsp3) is 0.318. The summed E-state index contributed by atoms with van der Waals surface area (Å²) in [5, 5.41) is 3.12. The standard InChI is InChI=1S/C22H22Cl2N2O2S2/c1-14-3-4-16(11-15(14)2)20-13-29-22(25-20)26-9-7-18(8-10-26)30(27,28)21-12-17(23)5-6-19(21)24/h3-6,11-13,18H,7-10H2,1-2H3. The van der Waals surface area contributed by atoms with E-state index in [2.05, 4.69) is 42.3 Å². The van der Waals surface area contributed by atoms with Crippen LogP contribution in [-0.2, 0) is 9.84 Å². The van der Waals surface area contributed by atoms with Gasteiger partial charge in [-0.15, -0.1) is 11.3 Å². The fourth-order valence-corrected chi connectivity index (χ4v) is 7.06. The molecule has 0 amide bonds. The van der Waals surface area contributed by atoms with Gasteiger partial charge >= 0.3 is 0 Å². The maximum atomic E-state index is 13.1. The molecule has 2 aromatic carbocycles. The molecule has 1 aliphatic rings. The highest BCUT2D eigenvalue weighted by Crippen LogP contribution is 2.34. The number of benzene rings is 2. The summed E-state index contributed by atoms with van der Waals surface area (Å²) in [6.07, 6.45) is 1.06. The zero-order valence-corrected chi connectivity index (χ0v) is 19.9. The van der Waals surface area contributed by atoms with Crippen molar-refractivity contribution in [1.82, 2.24) is 4.98 Å². The summed E-state index contributed by atoms with van der Waals surface area (Å²) in [5.74, 6) is 0. The number of hydrogen-bond acceptors (Lipinski definition) is 5. The van der Waals surface area contributed by atoms with Gasteiger partial charge in [0.1, 0.15) is 0 Å². The van der Waals surface area contributed by atoms with Crippen LogP contribution in [0.2, 0.25) is 10.0 Å². The van der Waals surface area contributed by atoms with Gasteiger partial charge in [-0.3, -0.25) is 0 Å². The van der Waals surface area contributed by atoms with Crippen LogP contribution < -0.4 is 4.90 Å². The second-order valence-corrected chi connectivity index (χ2v) is 11.5. The van der Waals surface area contributed by atoms with Gasteiger partial charge in [-0.2, -0.15) is 0 Å². The van der Waals surface area contributed by atoms with E-state index in [9.17, 15) is 8.42 Å². The van der Waals surface area contributed by atoms with Crippen molar-refractivity contribution in [3.8, 4) is 11.3 Å². The highest BCUT2D eigenvalue weighted by Gasteiger charge is 2.33.